The summed E-state index contributed by atoms with van der Waals surface area (Å²) in [6, 6.07) is 10.6. The highest BCUT2D eigenvalue weighted by atomic mass is 14.6. The van der Waals surface area contributed by atoms with Crippen molar-refractivity contribution in [2.75, 3.05) is 0 Å². The van der Waals surface area contributed by atoms with Gasteiger partial charge in [0.2, 0.25) is 0 Å². The van der Waals surface area contributed by atoms with Gasteiger partial charge in [0.1, 0.15) is 0 Å². The number of nitrogens with zero attached hydrogens (tertiary/aromatic N) is 1. The summed E-state index contributed by atoms with van der Waals surface area (Å²) in [6.07, 6.45) is 5.03. The smallest absolute Gasteiger partial charge is 0.0308 e. The van der Waals surface area contributed by atoms with Gasteiger partial charge < -0.3 is 0 Å². The molecule has 0 aliphatic carbocycles. The van der Waals surface area contributed by atoms with Gasteiger partial charge in [0.15, 0.2) is 0 Å². The molecule has 0 fully saturated rings. The number of pyridine rings is 1. The van der Waals surface area contributed by atoms with Gasteiger partial charge in [-0.15, -0.1) is 0 Å². The van der Waals surface area contributed by atoms with Crippen molar-refractivity contribution in [1.82, 2.24) is 4.98 Å². The molecule has 2 aromatic rings. The number of hydrogen-bond donors (Lipinski definition) is 0. The summed E-state index contributed by atoms with van der Waals surface area (Å²) in [6.45, 7) is 6.64. The fraction of sp³-hybridized carbons (Fsp3) is 0.312. The van der Waals surface area contributed by atoms with Crippen LogP contribution in [0.1, 0.15) is 37.8 Å². The summed E-state index contributed by atoms with van der Waals surface area (Å²) in [7, 11) is 0. The summed E-state index contributed by atoms with van der Waals surface area (Å²) in [5, 5.41) is 0. The van der Waals surface area contributed by atoms with Gasteiger partial charge >= 0.3 is 0 Å². The van der Waals surface area contributed by atoms with E-state index in [1.165, 1.54) is 22.3 Å². The minimum absolute atomic E-state index is 0.504. The lowest BCUT2D eigenvalue weighted by Gasteiger charge is -2.16. The predicted molar refractivity (Wildman–Crippen MR) is 73.1 cm³/mol. The number of aromatic nitrogens is 1. The van der Waals surface area contributed by atoms with E-state index in [4.69, 9.17) is 0 Å². The minimum Gasteiger partial charge on any atom is -0.264 e. The molecule has 0 N–H and O–H groups in total. The first-order chi connectivity index (χ1) is 8.24. The molecule has 2 rings (SSSR count). The fourth-order valence-corrected chi connectivity index (χ4v) is 2.18. The first-order valence-electron chi connectivity index (χ1n) is 6.26. The summed E-state index contributed by atoms with van der Waals surface area (Å²) in [5.74, 6) is 0.504. The first kappa shape index (κ1) is 11.8. The maximum atomic E-state index is 4.36. The lowest BCUT2D eigenvalue weighted by molar-refractivity contribution is 0.855. The average Bonchev–Trinajstić information content (AvgIpc) is 2.38. The van der Waals surface area contributed by atoms with Gasteiger partial charge in [0, 0.05) is 12.4 Å². The van der Waals surface area contributed by atoms with Crippen LogP contribution in [-0.4, -0.2) is 4.98 Å². The van der Waals surface area contributed by atoms with Crippen LogP contribution in [0.15, 0.2) is 42.7 Å². The van der Waals surface area contributed by atoms with Crippen LogP contribution >= 0.6 is 0 Å². The molecular weight excluding hydrogens is 206 g/mol. The Kier molecular flexibility index (Phi) is 3.58. The molecular formula is C16H19N. The Labute approximate surface area is 104 Å². The van der Waals surface area contributed by atoms with Crippen LogP contribution in [-0.2, 0) is 6.42 Å². The van der Waals surface area contributed by atoms with Crippen molar-refractivity contribution >= 4 is 0 Å². The van der Waals surface area contributed by atoms with Crippen LogP contribution < -0.4 is 0 Å². The number of rotatable bonds is 3. The summed E-state index contributed by atoms with van der Waals surface area (Å²) in [5.41, 5.74) is 5.35. The number of aryl methyl sites for hydroxylation is 1. The Morgan fingerprint density at radius 2 is 1.76 bits per heavy atom. The molecule has 0 unspecified atom stereocenters. The zero-order chi connectivity index (χ0) is 12.3. The van der Waals surface area contributed by atoms with Crippen molar-refractivity contribution in [1.29, 1.82) is 0 Å². The number of hydrogen-bond acceptors (Lipinski definition) is 1. The summed E-state index contributed by atoms with van der Waals surface area (Å²) < 4.78 is 0. The largest absolute Gasteiger partial charge is 0.264 e. The second kappa shape index (κ2) is 5.13. The molecule has 0 aliphatic rings. The molecule has 1 nitrogen and oxygen atoms in total. The maximum absolute atomic E-state index is 4.36. The third-order valence-corrected chi connectivity index (χ3v) is 3.12. The standard InChI is InChI=1S/C16H19N/c1-4-13-10-17-11-15(12(2)3)16(13)14-8-6-5-7-9-14/h5-12H,4H2,1-3H3. The van der Waals surface area contributed by atoms with E-state index in [2.05, 4.69) is 56.1 Å². The van der Waals surface area contributed by atoms with Crippen LogP contribution in [0, 0.1) is 0 Å². The van der Waals surface area contributed by atoms with Crippen LogP contribution in [0.25, 0.3) is 11.1 Å². The molecule has 1 heteroatoms. The zero-order valence-electron chi connectivity index (χ0n) is 10.8. The van der Waals surface area contributed by atoms with E-state index in [-0.39, 0.29) is 0 Å². The topological polar surface area (TPSA) is 12.9 Å². The molecule has 0 bridgehead atoms. The Balaban J connectivity index is 2.65. The van der Waals surface area contributed by atoms with Gasteiger partial charge in [-0.3, -0.25) is 4.98 Å². The van der Waals surface area contributed by atoms with Crippen LogP contribution in [0.4, 0.5) is 0 Å². The molecule has 1 heterocycles. The molecule has 0 amide bonds. The predicted octanol–water partition coefficient (Wildman–Crippen LogP) is 4.43. The quantitative estimate of drug-likeness (QED) is 0.752. The Hall–Kier alpha value is -1.63. The van der Waals surface area contributed by atoms with Crippen LogP contribution in [0.3, 0.4) is 0 Å². The van der Waals surface area contributed by atoms with Gasteiger partial charge in [-0.05, 0) is 34.6 Å². The molecule has 0 saturated carbocycles. The van der Waals surface area contributed by atoms with Crippen LogP contribution in [0.5, 0.6) is 0 Å². The molecule has 1 aromatic carbocycles. The summed E-state index contributed by atoms with van der Waals surface area (Å²) in [4.78, 5) is 4.36. The lowest BCUT2D eigenvalue weighted by atomic mass is 9.90. The van der Waals surface area contributed by atoms with Crippen molar-refractivity contribution in [3.63, 3.8) is 0 Å². The third-order valence-electron chi connectivity index (χ3n) is 3.12. The highest BCUT2D eigenvalue weighted by Crippen LogP contribution is 2.31. The average molecular weight is 225 g/mol. The maximum Gasteiger partial charge on any atom is 0.0308 e. The molecule has 0 saturated heterocycles. The third kappa shape index (κ3) is 2.38. The van der Waals surface area contributed by atoms with E-state index in [0.717, 1.165) is 6.42 Å². The van der Waals surface area contributed by atoms with E-state index in [1.54, 1.807) is 0 Å². The highest BCUT2D eigenvalue weighted by Gasteiger charge is 2.12. The molecule has 0 radical (unpaired) electrons. The van der Waals surface area contributed by atoms with Gasteiger partial charge in [-0.1, -0.05) is 51.1 Å². The normalized spacial score (nSPS) is 10.8. The fourth-order valence-electron chi connectivity index (χ4n) is 2.18. The monoisotopic (exact) mass is 225 g/mol. The number of benzene rings is 1. The Morgan fingerprint density at radius 1 is 1.06 bits per heavy atom. The van der Waals surface area contributed by atoms with E-state index in [0.29, 0.717) is 5.92 Å². The van der Waals surface area contributed by atoms with Gasteiger partial charge in [-0.2, -0.15) is 0 Å². The van der Waals surface area contributed by atoms with Gasteiger partial charge in [0.05, 0.1) is 0 Å². The van der Waals surface area contributed by atoms with Gasteiger partial charge in [0.25, 0.3) is 0 Å². The minimum atomic E-state index is 0.504. The molecule has 88 valence electrons. The molecule has 0 spiro atoms. The molecule has 0 atom stereocenters. The van der Waals surface area contributed by atoms with E-state index < -0.39 is 0 Å². The van der Waals surface area contributed by atoms with E-state index in [9.17, 15) is 0 Å². The van der Waals surface area contributed by atoms with E-state index >= 15 is 0 Å². The molecule has 0 aliphatic heterocycles. The highest BCUT2D eigenvalue weighted by molar-refractivity contribution is 5.71. The van der Waals surface area contributed by atoms with Crippen molar-refractivity contribution < 1.29 is 0 Å². The second-order valence-electron chi connectivity index (χ2n) is 4.64. The summed E-state index contributed by atoms with van der Waals surface area (Å²) >= 11 is 0. The zero-order valence-corrected chi connectivity index (χ0v) is 10.8. The SMILES string of the molecule is CCc1cncc(C(C)C)c1-c1ccccc1. The van der Waals surface area contributed by atoms with Crippen LogP contribution in [0.2, 0.25) is 0 Å². The van der Waals surface area contributed by atoms with Crippen molar-refractivity contribution in [3.8, 4) is 11.1 Å². The van der Waals surface area contributed by atoms with Gasteiger partial charge in [-0.25, -0.2) is 0 Å². The van der Waals surface area contributed by atoms with Crippen molar-refractivity contribution in [2.24, 2.45) is 0 Å². The van der Waals surface area contributed by atoms with Crippen molar-refractivity contribution in [3.05, 3.63) is 53.9 Å². The molecule has 17 heavy (non-hydrogen) atoms. The van der Waals surface area contributed by atoms with Crippen molar-refractivity contribution in [2.45, 2.75) is 33.1 Å². The first-order valence-corrected chi connectivity index (χ1v) is 6.26. The lowest BCUT2D eigenvalue weighted by Crippen LogP contribution is -1.98. The Morgan fingerprint density at radius 3 is 2.35 bits per heavy atom. The Bertz CT molecular complexity index is 486. The van der Waals surface area contributed by atoms with E-state index in [1.807, 2.05) is 12.4 Å². The molecule has 1 aromatic heterocycles. The second-order valence-corrected chi connectivity index (χ2v) is 4.64.